The van der Waals surface area contributed by atoms with E-state index in [1.807, 2.05) is 5.43 Å². The number of hydrogen-bond donors (Lipinski definition) is 2. The highest BCUT2D eigenvalue weighted by atomic mass is 32.1. The number of nitrogens with zero attached hydrogens (tertiary/aromatic N) is 1. The topological polar surface area (TPSA) is 107 Å². The van der Waals surface area contributed by atoms with Crippen LogP contribution in [-0.2, 0) is 6.61 Å². The molecule has 0 aliphatic rings. The molecular weight excluding hydrogens is 282 g/mol. The minimum Gasteiger partial charge on any atom is -0.481 e. The molecule has 0 spiro atoms. The Hall–Kier alpha value is -2.45. The van der Waals surface area contributed by atoms with Crippen molar-refractivity contribution in [1.29, 1.82) is 0 Å². The molecule has 1 amide bonds. The average molecular weight is 293 g/mol. The Morgan fingerprint density at radius 1 is 1.35 bits per heavy atom. The van der Waals surface area contributed by atoms with Gasteiger partial charge in [-0.2, -0.15) is 0 Å². The SMILES string of the molecule is NNC(=O)c1ccc(COc2ccccc2[N+](=O)[O-])s1. The second-order valence-electron chi connectivity index (χ2n) is 3.75. The Kier molecular flexibility index (Phi) is 4.28. The van der Waals surface area contributed by atoms with E-state index in [9.17, 15) is 14.9 Å². The lowest BCUT2D eigenvalue weighted by Gasteiger charge is -2.04. The van der Waals surface area contributed by atoms with Gasteiger partial charge in [-0.1, -0.05) is 12.1 Å². The van der Waals surface area contributed by atoms with Crippen LogP contribution in [-0.4, -0.2) is 10.8 Å². The van der Waals surface area contributed by atoms with Crippen molar-refractivity contribution in [3.8, 4) is 5.75 Å². The summed E-state index contributed by atoms with van der Waals surface area (Å²) in [5, 5.41) is 10.8. The number of carbonyl (C=O) groups is 1. The molecule has 0 saturated heterocycles. The van der Waals surface area contributed by atoms with Crippen LogP contribution in [0.2, 0.25) is 0 Å². The molecule has 104 valence electrons. The number of thiophene rings is 1. The number of rotatable bonds is 5. The summed E-state index contributed by atoms with van der Waals surface area (Å²) in [4.78, 5) is 22.8. The van der Waals surface area contributed by atoms with E-state index >= 15 is 0 Å². The van der Waals surface area contributed by atoms with Crippen molar-refractivity contribution in [2.75, 3.05) is 0 Å². The molecule has 0 bridgehead atoms. The maximum Gasteiger partial charge on any atom is 0.310 e. The Balaban J connectivity index is 2.07. The summed E-state index contributed by atoms with van der Waals surface area (Å²) in [5.41, 5.74) is 1.94. The second kappa shape index (κ2) is 6.13. The maximum absolute atomic E-state index is 11.3. The van der Waals surface area contributed by atoms with E-state index in [0.717, 1.165) is 4.88 Å². The van der Waals surface area contributed by atoms with Crippen LogP contribution in [0.25, 0.3) is 0 Å². The molecule has 0 aliphatic heterocycles. The number of ether oxygens (including phenoxy) is 1. The second-order valence-corrected chi connectivity index (χ2v) is 4.92. The van der Waals surface area contributed by atoms with Crippen LogP contribution in [0.3, 0.4) is 0 Å². The van der Waals surface area contributed by atoms with Crippen molar-refractivity contribution in [2.45, 2.75) is 6.61 Å². The molecular formula is C12H11N3O4S. The first-order chi connectivity index (χ1) is 9.61. The molecule has 0 fully saturated rings. The van der Waals surface area contributed by atoms with E-state index < -0.39 is 4.92 Å². The highest BCUT2D eigenvalue weighted by Crippen LogP contribution is 2.27. The van der Waals surface area contributed by atoms with E-state index in [4.69, 9.17) is 10.6 Å². The predicted molar refractivity (Wildman–Crippen MR) is 73.4 cm³/mol. The largest absolute Gasteiger partial charge is 0.481 e. The Bertz CT molecular complexity index is 641. The molecule has 8 heteroatoms. The minimum atomic E-state index is -0.503. The van der Waals surface area contributed by atoms with Gasteiger partial charge >= 0.3 is 5.69 Å². The van der Waals surface area contributed by atoms with Crippen LogP contribution >= 0.6 is 11.3 Å². The molecule has 0 saturated carbocycles. The van der Waals surface area contributed by atoms with Crippen molar-refractivity contribution in [1.82, 2.24) is 5.43 Å². The molecule has 2 aromatic rings. The minimum absolute atomic E-state index is 0.0935. The van der Waals surface area contributed by atoms with Crippen molar-refractivity contribution in [3.63, 3.8) is 0 Å². The Morgan fingerprint density at radius 2 is 2.10 bits per heavy atom. The van der Waals surface area contributed by atoms with Gasteiger partial charge in [-0.3, -0.25) is 20.3 Å². The van der Waals surface area contributed by atoms with Crippen LogP contribution < -0.4 is 16.0 Å². The number of benzene rings is 1. The van der Waals surface area contributed by atoms with Gasteiger partial charge in [0.15, 0.2) is 5.75 Å². The van der Waals surface area contributed by atoms with Gasteiger partial charge in [0.05, 0.1) is 9.80 Å². The lowest BCUT2D eigenvalue weighted by molar-refractivity contribution is -0.385. The number of hydrazine groups is 1. The third-order valence-corrected chi connectivity index (χ3v) is 3.51. The summed E-state index contributed by atoms with van der Waals surface area (Å²) >= 11 is 1.21. The van der Waals surface area contributed by atoms with Gasteiger partial charge in [0.1, 0.15) is 6.61 Å². The number of nitro groups is 1. The molecule has 0 radical (unpaired) electrons. The van der Waals surface area contributed by atoms with Crippen LogP contribution in [0.15, 0.2) is 36.4 Å². The van der Waals surface area contributed by atoms with E-state index in [2.05, 4.69) is 0 Å². The van der Waals surface area contributed by atoms with Gasteiger partial charge in [-0.25, -0.2) is 5.84 Å². The smallest absolute Gasteiger partial charge is 0.310 e. The first kappa shape index (κ1) is 14.0. The number of nitro benzene ring substituents is 1. The highest BCUT2D eigenvalue weighted by molar-refractivity contribution is 7.14. The lowest BCUT2D eigenvalue weighted by atomic mass is 10.3. The molecule has 7 nitrogen and oxygen atoms in total. The molecule has 0 atom stereocenters. The van der Waals surface area contributed by atoms with E-state index in [1.165, 1.54) is 23.5 Å². The number of nitrogens with two attached hydrogens (primary N) is 1. The summed E-state index contributed by atoms with van der Waals surface area (Å²) in [6.07, 6.45) is 0. The van der Waals surface area contributed by atoms with Crippen molar-refractivity contribution in [2.24, 2.45) is 5.84 Å². The normalized spacial score (nSPS) is 10.1. The van der Waals surface area contributed by atoms with Gasteiger partial charge in [-0.05, 0) is 18.2 Å². The van der Waals surface area contributed by atoms with Gasteiger partial charge in [-0.15, -0.1) is 11.3 Å². The molecule has 1 aromatic heterocycles. The number of para-hydroxylation sites is 2. The highest BCUT2D eigenvalue weighted by Gasteiger charge is 2.14. The summed E-state index contributed by atoms with van der Waals surface area (Å²) in [5.74, 6) is 4.84. The zero-order chi connectivity index (χ0) is 14.5. The molecule has 3 N–H and O–H groups in total. The van der Waals surface area contributed by atoms with Crippen molar-refractivity contribution >= 4 is 22.9 Å². The molecule has 20 heavy (non-hydrogen) atoms. The summed E-state index contributed by atoms with van der Waals surface area (Å²) in [7, 11) is 0. The molecule has 0 aliphatic carbocycles. The monoisotopic (exact) mass is 293 g/mol. The first-order valence-electron chi connectivity index (χ1n) is 5.57. The summed E-state index contributed by atoms with van der Waals surface area (Å²) in [6, 6.07) is 9.45. The number of carbonyl (C=O) groups excluding carboxylic acids is 1. The van der Waals surface area contributed by atoms with Crippen molar-refractivity contribution < 1.29 is 14.5 Å². The fraction of sp³-hybridized carbons (Fsp3) is 0.0833. The van der Waals surface area contributed by atoms with E-state index in [0.29, 0.717) is 4.88 Å². The molecule has 0 unspecified atom stereocenters. The van der Waals surface area contributed by atoms with Crippen LogP contribution in [0.5, 0.6) is 5.75 Å². The fourth-order valence-corrected chi connectivity index (χ4v) is 2.35. The average Bonchev–Trinajstić information content (AvgIpc) is 2.93. The Morgan fingerprint density at radius 3 is 2.80 bits per heavy atom. The van der Waals surface area contributed by atoms with Crippen LogP contribution in [0.1, 0.15) is 14.5 Å². The van der Waals surface area contributed by atoms with Gasteiger partial charge in [0, 0.05) is 10.9 Å². The lowest BCUT2D eigenvalue weighted by Crippen LogP contribution is -2.29. The Labute approximate surface area is 118 Å². The van der Waals surface area contributed by atoms with Crippen LogP contribution in [0.4, 0.5) is 5.69 Å². The van der Waals surface area contributed by atoms with Crippen LogP contribution in [0, 0.1) is 10.1 Å². The third-order valence-electron chi connectivity index (χ3n) is 2.45. The predicted octanol–water partition coefficient (Wildman–Crippen LogP) is 1.84. The third kappa shape index (κ3) is 3.11. The number of hydrogen-bond acceptors (Lipinski definition) is 6. The fourth-order valence-electron chi connectivity index (χ4n) is 1.53. The van der Waals surface area contributed by atoms with Gasteiger partial charge < -0.3 is 4.74 Å². The first-order valence-corrected chi connectivity index (χ1v) is 6.39. The maximum atomic E-state index is 11.3. The molecule has 1 aromatic carbocycles. The zero-order valence-corrected chi connectivity index (χ0v) is 11.1. The van der Waals surface area contributed by atoms with Gasteiger partial charge in [0.25, 0.3) is 5.91 Å². The summed E-state index contributed by atoms with van der Waals surface area (Å²) in [6.45, 7) is 0.146. The van der Waals surface area contributed by atoms with Gasteiger partial charge in [0.2, 0.25) is 0 Å². The number of nitrogen functional groups attached to an aromatic ring is 1. The standard InChI is InChI=1S/C12H11N3O4S/c13-14-12(16)11-6-5-8(20-11)7-19-10-4-2-1-3-9(10)15(17)18/h1-6H,7,13H2,(H,14,16). The summed E-state index contributed by atoms with van der Waals surface area (Å²) < 4.78 is 5.42. The molecule has 2 rings (SSSR count). The number of nitrogens with one attached hydrogen (secondary N) is 1. The number of amides is 1. The van der Waals surface area contributed by atoms with E-state index in [1.54, 1.807) is 24.3 Å². The van der Waals surface area contributed by atoms with Crippen molar-refractivity contribution in [3.05, 3.63) is 56.3 Å². The molecule has 1 heterocycles. The quantitative estimate of drug-likeness (QED) is 0.378. The van der Waals surface area contributed by atoms with E-state index in [-0.39, 0.29) is 24.0 Å². The zero-order valence-electron chi connectivity index (χ0n) is 10.2.